The van der Waals surface area contributed by atoms with E-state index in [0.717, 1.165) is 28.8 Å². The van der Waals surface area contributed by atoms with Gasteiger partial charge in [-0.3, -0.25) is 0 Å². The van der Waals surface area contributed by atoms with E-state index in [2.05, 4.69) is 37.9 Å². The first-order valence-electron chi connectivity index (χ1n) is 5.95. The van der Waals surface area contributed by atoms with Crippen LogP contribution >= 0.6 is 31.9 Å². The van der Waals surface area contributed by atoms with Gasteiger partial charge in [0.25, 0.3) is 0 Å². The lowest BCUT2D eigenvalue weighted by Crippen LogP contribution is -2.35. The van der Waals surface area contributed by atoms with E-state index < -0.39 is 0 Å². The zero-order valence-corrected chi connectivity index (χ0v) is 12.6. The van der Waals surface area contributed by atoms with Crippen molar-refractivity contribution in [2.75, 3.05) is 10.7 Å². The zero-order chi connectivity index (χ0) is 11.4. The summed E-state index contributed by atoms with van der Waals surface area (Å²) in [5.74, 6) is 1.95. The predicted octanol–water partition coefficient (Wildman–Crippen LogP) is 4.79. The minimum absolute atomic E-state index is 0.328. The quantitative estimate of drug-likeness (QED) is 0.696. The van der Waals surface area contributed by atoms with Crippen LogP contribution in [-0.4, -0.2) is 10.7 Å². The van der Waals surface area contributed by atoms with Gasteiger partial charge >= 0.3 is 0 Å². The van der Waals surface area contributed by atoms with Gasteiger partial charge < -0.3 is 4.42 Å². The molecule has 90 valence electrons. The fraction of sp³-hybridized carbons (Fsp3) is 0.692. The molecule has 3 heteroatoms. The molecule has 1 heterocycles. The second-order valence-corrected chi connectivity index (χ2v) is 5.99. The van der Waals surface area contributed by atoms with E-state index in [-0.39, 0.29) is 0 Å². The molecule has 0 unspecified atom stereocenters. The summed E-state index contributed by atoms with van der Waals surface area (Å²) in [6, 6.07) is 4.08. The first-order chi connectivity index (χ1) is 7.80. The standard InChI is InChI=1S/C13H18Br2O/c14-9-13(10-15,11-4-1-2-5-11)8-12-6-3-7-16-12/h3,6-7,11H,1-2,4-5,8-10H2. The Morgan fingerprint density at radius 3 is 2.44 bits per heavy atom. The summed E-state index contributed by atoms with van der Waals surface area (Å²) in [4.78, 5) is 0. The molecule has 0 atom stereocenters. The monoisotopic (exact) mass is 348 g/mol. The second-order valence-electron chi connectivity index (χ2n) is 4.87. The van der Waals surface area contributed by atoms with Crippen LogP contribution in [0.1, 0.15) is 31.4 Å². The first kappa shape index (κ1) is 12.7. The largest absolute Gasteiger partial charge is 0.469 e. The molecule has 0 radical (unpaired) electrons. The lowest BCUT2D eigenvalue weighted by atomic mass is 9.74. The van der Waals surface area contributed by atoms with Crippen molar-refractivity contribution >= 4 is 31.9 Å². The number of hydrogen-bond acceptors (Lipinski definition) is 1. The summed E-state index contributed by atoms with van der Waals surface area (Å²) in [7, 11) is 0. The van der Waals surface area contributed by atoms with Crippen LogP contribution in [0, 0.1) is 11.3 Å². The lowest BCUT2D eigenvalue weighted by molar-refractivity contribution is 0.219. The summed E-state index contributed by atoms with van der Waals surface area (Å²) >= 11 is 7.43. The highest BCUT2D eigenvalue weighted by Gasteiger charge is 2.39. The Labute approximate surface area is 114 Å². The van der Waals surface area contributed by atoms with E-state index in [1.807, 2.05) is 6.07 Å². The molecule has 16 heavy (non-hydrogen) atoms. The fourth-order valence-electron chi connectivity index (χ4n) is 2.79. The molecular formula is C13H18Br2O. The van der Waals surface area contributed by atoms with Gasteiger partial charge in [0, 0.05) is 17.1 Å². The Hall–Kier alpha value is 0.240. The van der Waals surface area contributed by atoms with Gasteiger partial charge in [0.15, 0.2) is 0 Å². The van der Waals surface area contributed by atoms with Crippen molar-refractivity contribution in [3.05, 3.63) is 24.2 Å². The van der Waals surface area contributed by atoms with Crippen molar-refractivity contribution in [3.63, 3.8) is 0 Å². The molecule has 1 fully saturated rings. The van der Waals surface area contributed by atoms with E-state index in [1.54, 1.807) is 6.26 Å². The molecule has 0 aliphatic heterocycles. The summed E-state index contributed by atoms with van der Waals surface area (Å²) in [6.45, 7) is 0. The maximum absolute atomic E-state index is 5.51. The van der Waals surface area contributed by atoms with Crippen molar-refractivity contribution in [3.8, 4) is 0 Å². The van der Waals surface area contributed by atoms with Gasteiger partial charge in [0.05, 0.1) is 6.26 Å². The maximum Gasteiger partial charge on any atom is 0.104 e. The molecule has 0 amide bonds. The molecule has 1 aromatic rings. The van der Waals surface area contributed by atoms with Gasteiger partial charge in [-0.05, 0) is 36.3 Å². The van der Waals surface area contributed by atoms with E-state index in [1.165, 1.54) is 25.7 Å². The average molecular weight is 350 g/mol. The van der Waals surface area contributed by atoms with Gasteiger partial charge in [-0.25, -0.2) is 0 Å². The van der Waals surface area contributed by atoms with Crippen molar-refractivity contribution in [1.29, 1.82) is 0 Å². The van der Waals surface area contributed by atoms with E-state index in [0.29, 0.717) is 5.41 Å². The smallest absolute Gasteiger partial charge is 0.104 e. The number of furan rings is 1. The fourth-order valence-corrected chi connectivity index (χ4v) is 5.03. The van der Waals surface area contributed by atoms with Crippen LogP contribution < -0.4 is 0 Å². The Balaban J connectivity index is 2.13. The van der Waals surface area contributed by atoms with Crippen LogP contribution in [0.2, 0.25) is 0 Å². The Morgan fingerprint density at radius 1 is 1.25 bits per heavy atom. The molecule has 1 aromatic heterocycles. The van der Waals surface area contributed by atoms with Gasteiger partial charge in [-0.2, -0.15) is 0 Å². The van der Waals surface area contributed by atoms with Crippen LogP contribution in [0.25, 0.3) is 0 Å². The van der Waals surface area contributed by atoms with E-state index in [4.69, 9.17) is 4.42 Å². The number of alkyl halides is 2. The normalized spacial score (nSPS) is 18.1. The van der Waals surface area contributed by atoms with E-state index >= 15 is 0 Å². The average Bonchev–Trinajstić information content (AvgIpc) is 2.99. The van der Waals surface area contributed by atoms with Gasteiger partial charge in [-0.15, -0.1) is 0 Å². The van der Waals surface area contributed by atoms with Crippen LogP contribution in [0.3, 0.4) is 0 Å². The molecule has 2 rings (SSSR count). The predicted molar refractivity (Wildman–Crippen MR) is 74.4 cm³/mol. The van der Waals surface area contributed by atoms with Crippen LogP contribution in [0.4, 0.5) is 0 Å². The molecule has 0 aromatic carbocycles. The highest BCUT2D eigenvalue weighted by Crippen LogP contribution is 2.44. The zero-order valence-electron chi connectivity index (χ0n) is 9.42. The molecule has 1 aliphatic carbocycles. The molecule has 0 N–H and O–H groups in total. The molecule has 0 bridgehead atoms. The third kappa shape index (κ3) is 2.56. The minimum atomic E-state index is 0.328. The van der Waals surface area contributed by atoms with Crippen molar-refractivity contribution in [1.82, 2.24) is 0 Å². The van der Waals surface area contributed by atoms with Crippen molar-refractivity contribution < 1.29 is 4.42 Å². The molecule has 0 saturated heterocycles. The Kier molecular flexibility index (Phi) is 4.54. The SMILES string of the molecule is BrCC(CBr)(Cc1ccco1)C1CCCC1. The number of rotatable bonds is 5. The number of hydrogen-bond donors (Lipinski definition) is 0. The van der Waals surface area contributed by atoms with Crippen LogP contribution in [-0.2, 0) is 6.42 Å². The highest BCUT2D eigenvalue weighted by molar-refractivity contribution is 9.09. The minimum Gasteiger partial charge on any atom is -0.469 e. The second kappa shape index (κ2) is 5.72. The Morgan fingerprint density at radius 2 is 1.94 bits per heavy atom. The van der Waals surface area contributed by atoms with Gasteiger partial charge in [0.2, 0.25) is 0 Å². The van der Waals surface area contributed by atoms with Crippen molar-refractivity contribution in [2.24, 2.45) is 11.3 Å². The summed E-state index contributed by atoms with van der Waals surface area (Å²) in [5.41, 5.74) is 0.328. The molecular weight excluding hydrogens is 332 g/mol. The summed E-state index contributed by atoms with van der Waals surface area (Å²) in [5, 5.41) is 2.10. The first-order valence-corrected chi connectivity index (χ1v) is 8.19. The maximum atomic E-state index is 5.51. The summed E-state index contributed by atoms with van der Waals surface area (Å²) in [6.07, 6.45) is 8.35. The molecule has 1 saturated carbocycles. The van der Waals surface area contributed by atoms with Crippen LogP contribution in [0.5, 0.6) is 0 Å². The molecule has 1 aliphatic rings. The molecule has 1 nitrogen and oxygen atoms in total. The molecule has 0 spiro atoms. The lowest BCUT2D eigenvalue weighted by Gasteiger charge is -2.35. The van der Waals surface area contributed by atoms with Gasteiger partial charge in [-0.1, -0.05) is 44.7 Å². The highest BCUT2D eigenvalue weighted by atomic mass is 79.9. The Bertz CT molecular complexity index is 298. The van der Waals surface area contributed by atoms with Gasteiger partial charge in [0.1, 0.15) is 5.76 Å². The van der Waals surface area contributed by atoms with Crippen LogP contribution in [0.15, 0.2) is 22.8 Å². The topological polar surface area (TPSA) is 13.1 Å². The van der Waals surface area contributed by atoms with Crippen molar-refractivity contribution in [2.45, 2.75) is 32.1 Å². The third-order valence-corrected chi connectivity index (χ3v) is 6.09. The third-order valence-electron chi connectivity index (χ3n) is 3.86. The summed E-state index contributed by atoms with van der Waals surface area (Å²) < 4.78 is 5.51. The van der Waals surface area contributed by atoms with E-state index in [9.17, 15) is 0 Å². The number of halogens is 2.